The van der Waals surface area contributed by atoms with E-state index < -0.39 is 6.10 Å². The molecule has 2 N–H and O–H groups in total. The van der Waals surface area contributed by atoms with Crippen molar-refractivity contribution >= 4 is 17.5 Å². The highest BCUT2D eigenvalue weighted by Gasteiger charge is 2.23. The number of benzene rings is 2. The van der Waals surface area contributed by atoms with Gasteiger partial charge in [0.1, 0.15) is 6.10 Å². The number of hydrogen-bond acceptors (Lipinski definition) is 4. The molecule has 1 fully saturated rings. The summed E-state index contributed by atoms with van der Waals surface area (Å²) in [4.78, 5) is 24.7. The van der Waals surface area contributed by atoms with Crippen molar-refractivity contribution in [3.05, 3.63) is 65.2 Å². The molecule has 0 bridgehead atoms. The summed E-state index contributed by atoms with van der Waals surface area (Å²) in [7, 11) is 0. The average Bonchev–Trinajstić information content (AvgIpc) is 3.23. The van der Waals surface area contributed by atoms with Crippen LogP contribution in [0, 0.1) is 11.3 Å². The minimum absolute atomic E-state index is 0.184. The van der Waals surface area contributed by atoms with Crippen LogP contribution in [0.3, 0.4) is 0 Å². The van der Waals surface area contributed by atoms with E-state index in [1.54, 1.807) is 36.4 Å². The fourth-order valence-electron chi connectivity index (χ4n) is 2.96. The van der Waals surface area contributed by atoms with Crippen LogP contribution in [0.1, 0.15) is 47.3 Å². The number of carbonyl (C=O) groups is 2. The molecule has 2 amide bonds. The summed E-state index contributed by atoms with van der Waals surface area (Å²) in [6.07, 6.45) is 1.18. The molecule has 2 atom stereocenters. The number of rotatable bonds is 5. The zero-order chi connectivity index (χ0) is 19.2. The Bertz CT molecular complexity index is 865. The van der Waals surface area contributed by atoms with Gasteiger partial charge in [-0.3, -0.25) is 9.59 Å². The fourth-order valence-corrected chi connectivity index (χ4v) is 2.96. The Kier molecular flexibility index (Phi) is 5.84. The molecule has 1 aliphatic heterocycles. The van der Waals surface area contributed by atoms with Crippen molar-refractivity contribution in [3.63, 3.8) is 0 Å². The Morgan fingerprint density at radius 1 is 1.22 bits per heavy atom. The van der Waals surface area contributed by atoms with Gasteiger partial charge in [-0.15, -0.1) is 0 Å². The van der Waals surface area contributed by atoms with Gasteiger partial charge in [-0.05, 0) is 55.7 Å². The van der Waals surface area contributed by atoms with Crippen molar-refractivity contribution < 1.29 is 14.3 Å². The Morgan fingerprint density at radius 3 is 2.67 bits per heavy atom. The van der Waals surface area contributed by atoms with Crippen LogP contribution in [0.4, 0.5) is 5.69 Å². The van der Waals surface area contributed by atoms with Crippen LogP contribution in [0.5, 0.6) is 0 Å². The minimum Gasteiger partial charge on any atom is -0.368 e. The van der Waals surface area contributed by atoms with Crippen molar-refractivity contribution in [1.82, 2.24) is 5.32 Å². The maximum absolute atomic E-state index is 12.5. The van der Waals surface area contributed by atoms with Crippen LogP contribution >= 0.6 is 0 Å². The minimum atomic E-state index is -0.418. The predicted octanol–water partition coefficient (Wildman–Crippen LogP) is 3.17. The van der Waals surface area contributed by atoms with Gasteiger partial charge in [-0.25, -0.2) is 0 Å². The molecule has 2 aromatic rings. The third-order valence-electron chi connectivity index (χ3n) is 4.50. The van der Waals surface area contributed by atoms with E-state index in [1.165, 1.54) is 0 Å². The molecule has 2 aromatic carbocycles. The smallest absolute Gasteiger partial charge is 0.253 e. The molecule has 138 valence electrons. The van der Waals surface area contributed by atoms with Gasteiger partial charge in [0.05, 0.1) is 17.7 Å². The molecule has 0 saturated carbocycles. The van der Waals surface area contributed by atoms with Crippen molar-refractivity contribution in [2.24, 2.45) is 0 Å². The molecule has 1 aliphatic rings. The predicted molar refractivity (Wildman–Crippen MR) is 101 cm³/mol. The number of amides is 2. The molecule has 0 aromatic heterocycles. The largest absolute Gasteiger partial charge is 0.368 e. The van der Waals surface area contributed by atoms with E-state index in [4.69, 9.17) is 10.00 Å². The SMILES string of the molecule is CC(NC(=O)c1cccc(NC(=O)C2CCCO2)c1)c1ccc(C#N)cc1. The van der Waals surface area contributed by atoms with Crippen LogP contribution in [0.25, 0.3) is 0 Å². The Balaban J connectivity index is 1.63. The molecule has 6 heteroatoms. The van der Waals surface area contributed by atoms with E-state index in [9.17, 15) is 9.59 Å². The summed E-state index contributed by atoms with van der Waals surface area (Å²) < 4.78 is 5.37. The van der Waals surface area contributed by atoms with Crippen LogP contribution < -0.4 is 10.6 Å². The lowest BCUT2D eigenvalue weighted by molar-refractivity contribution is -0.124. The van der Waals surface area contributed by atoms with E-state index in [1.807, 2.05) is 19.1 Å². The summed E-state index contributed by atoms with van der Waals surface area (Å²) in [5.41, 5.74) is 2.51. The topological polar surface area (TPSA) is 91.2 Å². The molecule has 0 spiro atoms. The molecule has 6 nitrogen and oxygen atoms in total. The average molecular weight is 363 g/mol. The molecule has 2 unspecified atom stereocenters. The first-order valence-corrected chi connectivity index (χ1v) is 8.90. The number of nitrogens with one attached hydrogen (secondary N) is 2. The summed E-state index contributed by atoms with van der Waals surface area (Å²) in [6.45, 7) is 2.48. The van der Waals surface area contributed by atoms with E-state index in [-0.39, 0.29) is 17.9 Å². The van der Waals surface area contributed by atoms with Crippen LogP contribution in [0.15, 0.2) is 48.5 Å². The quantitative estimate of drug-likeness (QED) is 0.854. The monoisotopic (exact) mass is 363 g/mol. The first kappa shape index (κ1) is 18.6. The summed E-state index contributed by atoms with van der Waals surface area (Å²) in [5, 5.41) is 14.6. The van der Waals surface area contributed by atoms with Gasteiger partial charge in [0, 0.05) is 17.9 Å². The van der Waals surface area contributed by atoms with Gasteiger partial charge in [0.2, 0.25) is 0 Å². The van der Waals surface area contributed by atoms with Gasteiger partial charge in [-0.2, -0.15) is 5.26 Å². The lowest BCUT2D eigenvalue weighted by atomic mass is 10.1. The first-order valence-electron chi connectivity index (χ1n) is 8.90. The van der Waals surface area contributed by atoms with Crippen molar-refractivity contribution in [1.29, 1.82) is 5.26 Å². The van der Waals surface area contributed by atoms with Crippen LogP contribution in [-0.4, -0.2) is 24.5 Å². The highest BCUT2D eigenvalue weighted by Crippen LogP contribution is 2.18. The third-order valence-corrected chi connectivity index (χ3v) is 4.50. The fraction of sp³-hybridized carbons (Fsp3) is 0.286. The Hall–Kier alpha value is -3.17. The summed E-state index contributed by atoms with van der Waals surface area (Å²) in [6, 6.07) is 15.8. The van der Waals surface area contributed by atoms with E-state index >= 15 is 0 Å². The van der Waals surface area contributed by atoms with Gasteiger partial charge in [-0.1, -0.05) is 18.2 Å². The second-order valence-corrected chi connectivity index (χ2v) is 6.50. The lowest BCUT2D eigenvalue weighted by Gasteiger charge is -2.15. The van der Waals surface area contributed by atoms with E-state index in [0.29, 0.717) is 29.8 Å². The normalized spacial score (nSPS) is 17.0. The summed E-state index contributed by atoms with van der Waals surface area (Å²) >= 11 is 0. The molecular weight excluding hydrogens is 342 g/mol. The van der Waals surface area contributed by atoms with Gasteiger partial charge >= 0.3 is 0 Å². The first-order chi connectivity index (χ1) is 13.1. The molecule has 1 heterocycles. The highest BCUT2D eigenvalue weighted by atomic mass is 16.5. The zero-order valence-corrected chi connectivity index (χ0v) is 15.1. The summed E-state index contributed by atoms with van der Waals surface area (Å²) in [5.74, 6) is -0.420. The van der Waals surface area contributed by atoms with Crippen molar-refractivity contribution in [3.8, 4) is 6.07 Å². The van der Waals surface area contributed by atoms with E-state index in [0.717, 1.165) is 12.0 Å². The molecule has 27 heavy (non-hydrogen) atoms. The Morgan fingerprint density at radius 2 is 2.00 bits per heavy atom. The van der Waals surface area contributed by atoms with Gasteiger partial charge in [0.25, 0.3) is 11.8 Å². The molecule has 0 aliphatic carbocycles. The molecule has 1 saturated heterocycles. The number of anilines is 1. The molecule has 3 rings (SSSR count). The lowest BCUT2D eigenvalue weighted by Crippen LogP contribution is -2.28. The van der Waals surface area contributed by atoms with E-state index in [2.05, 4.69) is 16.7 Å². The molecule has 0 radical (unpaired) electrons. The second kappa shape index (κ2) is 8.47. The number of ether oxygens (including phenoxy) is 1. The third kappa shape index (κ3) is 4.72. The van der Waals surface area contributed by atoms with Crippen molar-refractivity contribution in [2.45, 2.75) is 31.9 Å². The number of hydrogen-bond donors (Lipinski definition) is 2. The number of carbonyl (C=O) groups excluding carboxylic acids is 2. The second-order valence-electron chi connectivity index (χ2n) is 6.50. The standard InChI is InChI=1S/C21H21N3O3/c1-14(16-9-7-15(13-22)8-10-16)23-20(25)17-4-2-5-18(12-17)24-21(26)19-6-3-11-27-19/h2,4-5,7-10,12,14,19H,3,6,11H2,1H3,(H,23,25)(H,24,26). The Labute approximate surface area is 158 Å². The maximum Gasteiger partial charge on any atom is 0.253 e. The van der Waals surface area contributed by atoms with Crippen molar-refractivity contribution in [2.75, 3.05) is 11.9 Å². The van der Waals surface area contributed by atoms with Crippen LogP contribution in [-0.2, 0) is 9.53 Å². The number of nitriles is 1. The van der Waals surface area contributed by atoms with Gasteiger partial charge < -0.3 is 15.4 Å². The number of nitrogens with zero attached hydrogens (tertiary/aromatic N) is 1. The highest BCUT2D eigenvalue weighted by molar-refractivity contribution is 5.98. The van der Waals surface area contributed by atoms with Crippen LogP contribution in [0.2, 0.25) is 0 Å². The molecular formula is C21H21N3O3. The van der Waals surface area contributed by atoms with Gasteiger partial charge in [0.15, 0.2) is 0 Å². The zero-order valence-electron chi connectivity index (χ0n) is 15.1. The maximum atomic E-state index is 12.5.